The zero-order chi connectivity index (χ0) is 76.7. The normalized spacial score (nSPS) is 23.8. The van der Waals surface area contributed by atoms with Crippen LogP contribution < -0.4 is 26.6 Å². The number of allylic oxidation sites excluding steroid dienone is 4. The first kappa shape index (κ1) is 90.8. The summed E-state index contributed by atoms with van der Waals surface area (Å²) in [6, 6.07) is -2.41. The Morgan fingerprint density at radius 3 is 1.65 bits per heavy atom. The summed E-state index contributed by atoms with van der Waals surface area (Å²) in [6.07, 6.45) is 6.04. The number of hydrogen-bond acceptors (Lipinski definition) is 25. The SMILES string of the molecule is CCC(=O)OC1(CC(=O)COCNC(=O)CNC(=O)[C@H](C)NC(=O)[C@H](CCCCNC(=O)CCOCCOCCOCCOCCOCCOCCOCCOCCOCCOCCOCCOC)NC(=O)CCN2C(=O)C(Br)=C(Br)C2=O)[C@@H](C)CC2[C@@H]3CCC4=CC(=O)C=C[C@]4(C)[C@@]3(Cl)[C@@H](O)C[C@@]21C. The maximum absolute atomic E-state index is 13.9. The second kappa shape index (κ2) is 48.7. The third-order valence-electron chi connectivity index (χ3n) is 19.4. The Hall–Kier alpha value is -4.79. The number of ketones is 2. The van der Waals surface area contributed by atoms with Gasteiger partial charge in [-0.25, -0.2) is 0 Å². The smallest absolute Gasteiger partial charge is 0.306 e. The molecular weight excluding hydrogens is 1530 g/mol. The second-order valence-corrected chi connectivity index (χ2v) is 28.7. The highest BCUT2D eigenvalue weighted by Crippen LogP contribution is 2.72. The number of carbonyl (C=O) groups is 10. The molecule has 1 heterocycles. The molecule has 3 fully saturated rings. The van der Waals surface area contributed by atoms with Crippen molar-refractivity contribution in [1.29, 1.82) is 0 Å². The molecule has 31 nitrogen and oxygen atoms in total. The lowest BCUT2D eigenvalue weighted by Crippen LogP contribution is -2.68. The molecule has 6 N–H and O–H groups in total. The Labute approximate surface area is 637 Å². The van der Waals surface area contributed by atoms with Gasteiger partial charge in [-0.15, -0.1) is 11.6 Å². The summed E-state index contributed by atoms with van der Waals surface area (Å²) in [6.45, 7) is 17.2. The van der Waals surface area contributed by atoms with Gasteiger partial charge in [-0.1, -0.05) is 39.3 Å². The number of nitrogens with one attached hydrogen (secondary N) is 5. The number of aliphatic hydroxyl groups is 1. The highest BCUT2D eigenvalue weighted by Gasteiger charge is 2.74. The van der Waals surface area contributed by atoms with Gasteiger partial charge in [0.25, 0.3) is 11.8 Å². The summed E-state index contributed by atoms with van der Waals surface area (Å²) in [5.41, 5.74) is -2.14. The van der Waals surface area contributed by atoms with E-state index in [4.69, 9.17) is 77.9 Å². The summed E-state index contributed by atoms with van der Waals surface area (Å²) < 4.78 is 77.2. The van der Waals surface area contributed by atoms with E-state index in [9.17, 15) is 53.1 Å². The average Bonchev–Trinajstić information content (AvgIpc) is 1.61. The number of hydrogen-bond donors (Lipinski definition) is 6. The summed E-state index contributed by atoms with van der Waals surface area (Å²) in [4.78, 5) is 130. The van der Waals surface area contributed by atoms with Gasteiger partial charge in [0, 0.05) is 56.7 Å². The highest BCUT2D eigenvalue weighted by atomic mass is 79.9. The maximum Gasteiger partial charge on any atom is 0.306 e. The maximum atomic E-state index is 13.9. The van der Waals surface area contributed by atoms with E-state index in [1.54, 1.807) is 20.1 Å². The van der Waals surface area contributed by atoms with Crippen molar-refractivity contribution in [2.75, 3.05) is 192 Å². The Morgan fingerprint density at radius 2 is 1.14 bits per heavy atom. The van der Waals surface area contributed by atoms with Crippen LogP contribution in [0, 0.1) is 28.6 Å². The van der Waals surface area contributed by atoms with Crippen LogP contribution in [0.1, 0.15) is 105 Å². The second-order valence-electron chi connectivity index (χ2n) is 26.5. The molecule has 7 amide bonds. The Balaban J connectivity index is 0.895. The number of halogens is 3. The fourth-order valence-corrected chi connectivity index (χ4v) is 15.1. The molecule has 596 valence electrons. The summed E-state index contributed by atoms with van der Waals surface area (Å²) in [5, 5.41) is 25.1. The van der Waals surface area contributed by atoms with Gasteiger partial charge in [0.05, 0.1) is 169 Å². The molecule has 0 aromatic carbocycles. The molecule has 5 aliphatic rings. The quantitative estimate of drug-likeness (QED) is 0.0168. The van der Waals surface area contributed by atoms with Crippen LogP contribution >= 0.6 is 43.5 Å². The molecule has 105 heavy (non-hydrogen) atoms. The minimum atomic E-state index is -1.33. The van der Waals surface area contributed by atoms with Crippen LogP contribution in [-0.4, -0.2) is 290 Å². The van der Waals surface area contributed by atoms with E-state index in [1.165, 1.54) is 13.0 Å². The topological polar surface area (TPSA) is 384 Å². The molecule has 2 unspecified atom stereocenters. The van der Waals surface area contributed by atoms with Crippen LogP contribution in [0.25, 0.3) is 0 Å². The number of unbranched alkanes of at least 4 members (excludes halogenated alkanes) is 1. The van der Waals surface area contributed by atoms with Crippen LogP contribution in [-0.2, 0) is 114 Å². The van der Waals surface area contributed by atoms with E-state index in [2.05, 4.69) is 58.4 Å². The first-order valence-electron chi connectivity index (χ1n) is 36.2. The van der Waals surface area contributed by atoms with Gasteiger partial charge < -0.3 is 98.0 Å². The van der Waals surface area contributed by atoms with Gasteiger partial charge in [0.1, 0.15) is 40.0 Å². The third kappa shape index (κ3) is 28.6. The van der Waals surface area contributed by atoms with E-state index >= 15 is 0 Å². The summed E-state index contributed by atoms with van der Waals surface area (Å²) in [5.74, 6) is -6.20. The van der Waals surface area contributed by atoms with Gasteiger partial charge >= 0.3 is 5.97 Å². The van der Waals surface area contributed by atoms with Gasteiger partial charge in [0.15, 0.2) is 11.6 Å². The van der Waals surface area contributed by atoms with Crippen molar-refractivity contribution in [2.45, 2.75) is 134 Å². The van der Waals surface area contributed by atoms with Crippen molar-refractivity contribution in [3.63, 3.8) is 0 Å². The monoisotopic (exact) mass is 1640 g/mol. The number of fused-ring (bicyclic) bond motifs is 5. The Bertz CT molecular complexity index is 2880. The predicted molar refractivity (Wildman–Crippen MR) is 386 cm³/mol. The molecule has 0 bridgehead atoms. The zero-order valence-corrected chi connectivity index (χ0v) is 65.5. The lowest BCUT2D eigenvalue weighted by Gasteiger charge is -2.64. The first-order chi connectivity index (χ1) is 50.4. The van der Waals surface area contributed by atoms with Crippen molar-refractivity contribution in [1.82, 2.24) is 31.5 Å². The van der Waals surface area contributed by atoms with E-state index in [0.29, 0.717) is 171 Å². The van der Waals surface area contributed by atoms with E-state index < -0.39 is 107 Å². The largest absolute Gasteiger partial charge is 0.458 e. The molecule has 1 aliphatic heterocycles. The predicted octanol–water partition coefficient (Wildman–Crippen LogP) is 2.99. The number of ether oxygens (including phenoxy) is 14. The summed E-state index contributed by atoms with van der Waals surface area (Å²) >= 11 is 13.8. The van der Waals surface area contributed by atoms with Crippen molar-refractivity contribution in [3.8, 4) is 0 Å². The van der Waals surface area contributed by atoms with Crippen LogP contribution in [0.2, 0.25) is 0 Å². The average molecular weight is 1640 g/mol. The molecule has 0 aromatic rings. The number of methoxy groups -OCH3 is 1. The van der Waals surface area contributed by atoms with Crippen molar-refractivity contribution >= 4 is 102 Å². The van der Waals surface area contributed by atoms with Crippen LogP contribution in [0.4, 0.5) is 0 Å². The zero-order valence-electron chi connectivity index (χ0n) is 61.6. The van der Waals surface area contributed by atoms with Gasteiger partial charge in [-0.05, 0) is 114 Å². The van der Waals surface area contributed by atoms with E-state index in [0.717, 1.165) is 10.5 Å². The third-order valence-corrected chi connectivity index (χ3v) is 22.3. The van der Waals surface area contributed by atoms with Crippen molar-refractivity contribution in [3.05, 3.63) is 32.8 Å². The first-order valence-corrected chi connectivity index (χ1v) is 38.2. The summed E-state index contributed by atoms with van der Waals surface area (Å²) in [7, 11) is 1.63. The number of esters is 1. The number of nitrogens with zero attached hydrogens (tertiary/aromatic N) is 1. The van der Waals surface area contributed by atoms with Gasteiger partial charge in [-0.3, -0.25) is 52.8 Å². The van der Waals surface area contributed by atoms with Crippen molar-refractivity contribution < 1.29 is 119 Å². The molecule has 0 spiro atoms. The molecule has 0 saturated heterocycles. The number of amides is 7. The number of rotatable bonds is 58. The molecule has 0 aromatic heterocycles. The van der Waals surface area contributed by atoms with Gasteiger partial charge in [-0.2, -0.15) is 0 Å². The van der Waals surface area contributed by atoms with E-state index in [-0.39, 0.29) is 103 Å². The Morgan fingerprint density at radius 1 is 0.638 bits per heavy atom. The number of Topliss-reactive ketones (excluding diaryl/α,β-unsaturated/α-hetero) is 1. The number of carbonyl (C=O) groups excluding carboxylic acids is 10. The van der Waals surface area contributed by atoms with Crippen molar-refractivity contribution in [2.24, 2.45) is 28.6 Å². The number of aliphatic hydroxyl groups excluding tert-OH is 1. The Kier molecular flexibility index (Phi) is 42.1. The van der Waals surface area contributed by atoms with Crippen LogP contribution in [0.5, 0.6) is 0 Å². The van der Waals surface area contributed by atoms with E-state index in [1.807, 2.05) is 26.8 Å². The van der Waals surface area contributed by atoms with Crippen LogP contribution in [0.15, 0.2) is 32.8 Å². The molecule has 5 rings (SSSR count). The minimum Gasteiger partial charge on any atom is -0.458 e. The fraction of sp³-hybridized carbons (Fsp3) is 0.775. The molecule has 34 heteroatoms. The number of alkyl halides is 1. The van der Waals surface area contributed by atoms with Gasteiger partial charge in [0.2, 0.25) is 29.5 Å². The number of imide groups is 1. The molecule has 0 radical (unpaired) electrons. The van der Waals surface area contributed by atoms with Crippen LogP contribution in [0.3, 0.4) is 0 Å². The standard InChI is InChI=1S/C71H111Br2ClN6O25/c1-7-61(87)105-70(49(2)42-55-54-12-11-51-43-52(81)13-16-68(51,4)71(54,74)57(83)45-69(55,70)5)44-53(82)47-104-48-77-60(86)46-76-64(88)50(3)78-65(89)56(79-59(85)14-18-80-66(90)62(72)63(73)67(80)91)10-8-9-17-75-58(84)15-19-93-22-23-95-26-27-97-30-31-99-34-35-101-38-39-103-41-40-102-37-36-100-33-32-98-29-28-96-25-24-94-21-20-92-6/h13,16,43,49-50,54-57,83H,7-12,14-15,17-42,44-48H2,1-6H3,(H,75,84)(H,76,88)(H,77,86)(H,78,89)(H,79,85)/t49-,50-,54-,55?,56-,57-,68-,69-,70?,71-/m0/s1. The fourth-order valence-electron chi connectivity index (χ4n) is 13.8. The molecule has 10 atom stereocenters. The highest BCUT2D eigenvalue weighted by molar-refractivity contribution is 9.14. The molecular formula is C71H111Br2ClN6O25. The minimum absolute atomic E-state index is 0.00323. The molecule has 3 saturated carbocycles. The lowest BCUT2D eigenvalue weighted by atomic mass is 9.45. The lowest BCUT2D eigenvalue weighted by molar-refractivity contribution is -0.201. The molecule has 4 aliphatic carbocycles.